The predicted octanol–water partition coefficient (Wildman–Crippen LogP) is 4.32. The fourth-order valence-corrected chi connectivity index (χ4v) is 3.91. The summed E-state index contributed by atoms with van der Waals surface area (Å²) in [5.74, 6) is -0.229. The number of carboxylic acid groups (broad SMARTS) is 1. The highest BCUT2D eigenvalue weighted by molar-refractivity contribution is 5.93. The molecule has 4 rings (SSSR count). The van der Waals surface area contributed by atoms with Crippen LogP contribution in [0.4, 0.5) is 4.39 Å². The number of carboxylic acids is 1. The molecule has 2 aromatic carbocycles. The van der Waals surface area contributed by atoms with Gasteiger partial charge < -0.3 is 20.5 Å². The lowest BCUT2D eigenvalue weighted by Gasteiger charge is -2.16. The molecule has 0 radical (unpaired) electrons. The zero-order valence-electron chi connectivity index (χ0n) is 18.2. The highest BCUT2D eigenvalue weighted by Gasteiger charge is 2.28. The molecule has 0 saturated carbocycles. The Bertz CT molecular complexity index is 1170. The number of benzene rings is 2. The Morgan fingerprint density at radius 3 is 2.76 bits per heavy atom. The van der Waals surface area contributed by atoms with E-state index in [0.29, 0.717) is 30.2 Å². The van der Waals surface area contributed by atoms with Crippen LogP contribution in [0, 0.1) is 12.8 Å². The van der Waals surface area contributed by atoms with Crippen molar-refractivity contribution in [1.29, 1.82) is 0 Å². The lowest BCUT2D eigenvalue weighted by Crippen LogP contribution is -2.34. The van der Waals surface area contributed by atoms with E-state index in [4.69, 9.17) is 9.84 Å². The summed E-state index contributed by atoms with van der Waals surface area (Å²) in [5, 5.41) is 14.9. The third kappa shape index (κ3) is 5.68. The van der Waals surface area contributed by atoms with Gasteiger partial charge in [-0.3, -0.25) is 9.59 Å². The average Bonchev–Trinajstić information content (AvgIpc) is 3.20. The van der Waals surface area contributed by atoms with Crippen molar-refractivity contribution in [3.05, 3.63) is 95.0 Å². The molecule has 33 heavy (non-hydrogen) atoms. The van der Waals surface area contributed by atoms with Crippen molar-refractivity contribution in [2.24, 2.45) is 5.92 Å². The van der Waals surface area contributed by atoms with E-state index in [1.165, 1.54) is 12.2 Å². The summed E-state index contributed by atoms with van der Waals surface area (Å²) in [6.45, 7) is 2.25. The number of hydrogen-bond donors (Lipinski definition) is 3. The van der Waals surface area contributed by atoms with E-state index in [1.807, 2.05) is 49.4 Å². The van der Waals surface area contributed by atoms with Crippen molar-refractivity contribution in [2.75, 3.05) is 0 Å². The second-order valence-corrected chi connectivity index (χ2v) is 8.15. The molecule has 170 valence electrons. The molecule has 7 heteroatoms. The highest BCUT2D eigenvalue weighted by Crippen LogP contribution is 2.27. The molecular formula is C26H25FN2O4. The van der Waals surface area contributed by atoms with Crippen LogP contribution in [0.2, 0.25) is 0 Å². The molecule has 1 aliphatic heterocycles. The molecule has 0 saturated heterocycles. The van der Waals surface area contributed by atoms with Crippen LogP contribution in [0.5, 0.6) is 11.5 Å². The van der Waals surface area contributed by atoms with Crippen molar-refractivity contribution >= 4 is 11.9 Å². The summed E-state index contributed by atoms with van der Waals surface area (Å²) in [6.07, 6.45) is 6.93. The first-order valence-corrected chi connectivity index (χ1v) is 10.8. The van der Waals surface area contributed by atoms with Gasteiger partial charge in [0.1, 0.15) is 17.3 Å². The zero-order chi connectivity index (χ0) is 23.4. The topological polar surface area (TPSA) is 87.7 Å². The molecule has 2 atom stereocenters. The number of fused-ring (bicyclic) bond motifs is 1. The van der Waals surface area contributed by atoms with E-state index >= 15 is 0 Å². The van der Waals surface area contributed by atoms with Gasteiger partial charge in [0.25, 0.3) is 5.91 Å². The normalized spacial score (nSPS) is 18.6. The van der Waals surface area contributed by atoms with Gasteiger partial charge in [0.2, 0.25) is 0 Å². The van der Waals surface area contributed by atoms with Gasteiger partial charge in [-0.05, 0) is 72.5 Å². The Kier molecular flexibility index (Phi) is 6.58. The monoisotopic (exact) mass is 448 g/mol. The molecule has 1 amide bonds. The van der Waals surface area contributed by atoms with Crippen LogP contribution in [0.1, 0.15) is 23.1 Å². The van der Waals surface area contributed by atoms with E-state index in [-0.39, 0.29) is 30.1 Å². The van der Waals surface area contributed by atoms with Crippen molar-refractivity contribution in [3.8, 4) is 11.5 Å². The van der Waals surface area contributed by atoms with Gasteiger partial charge >= 0.3 is 5.97 Å². The molecule has 0 aromatic heterocycles. The van der Waals surface area contributed by atoms with Crippen LogP contribution in [0.15, 0.2) is 78.3 Å². The Labute approximate surface area is 191 Å². The second-order valence-electron chi connectivity index (χ2n) is 8.15. The molecule has 2 aliphatic rings. The van der Waals surface area contributed by atoms with Crippen LogP contribution in [-0.4, -0.2) is 23.0 Å². The van der Waals surface area contributed by atoms with E-state index in [1.54, 1.807) is 12.2 Å². The summed E-state index contributed by atoms with van der Waals surface area (Å²) in [5.41, 5.74) is 3.26. The van der Waals surface area contributed by atoms with Gasteiger partial charge in [0, 0.05) is 18.9 Å². The summed E-state index contributed by atoms with van der Waals surface area (Å²) in [6, 6.07) is 12.9. The Balaban J connectivity index is 1.34. The van der Waals surface area contributed by atoms with Crippen molar-refractivity contribution in [2.45, 2.75) is 32.4 Å². The lowest BCUT2D eigenvalue weighted by molar-refractivity contribution is -0.137. The first kappa shape index (κ1) is 22.3. The molecule has 0 fully saturated rings. The SMILES string of the molecule is Cc1cc(Oc2cccc(CNC(=O)C3=CC4C=C(F)C=CC4N3)c2)ccc1CCC(=O)O. The van der Waals surface area contributed by atoms with Crippen LogP contribution in [0.3, 0.4) is 0 Å². The van der Waals surface area contributed by atoms with Crippen LogP contribution < -0.4 is 15.4 Å². The molecule has 0 spiro atoms. The standard InChI is InChI=1S/C26H25FN2O4/c1-16-11-22(8-5-18(16)6-10-25(30)31)33-21-4-2-3-17(12-21)15-28-26(32)24-14-19-13-20(27)7-9-23(19)29-24/h2-5,7-9,11-14,19,23,29H,6,10,15H2,1H3,(H,28,32)(H,30,31). The predicted molar refractivity (Wildman–Crippen MR) is 122 cm³/mol. The van der Waals surface area contributed by atoms with Crippen molar-refractivity contribution < 1.29 is 23.8 Å². The number of carbonyl (C=O) groups is 2. The van der Waals surface area contributed by atoms with Gasteiger partial charge in [-0.1, -0.05) is 24.3 Å². The Hall–Kier alpha value is -3.87. The molecule has 0 bridgehead atoms. The third-order valence-corrected chi connectivity index (χ3v) is 5.66. The van der Waals surface area contributed by atoms with Gasteiger partial charge in [0.15, 0.2) is 0 Å². The minimum Gasteiger partial charge on any atom is -0.481 e. The lowest BCUT2D eigenvalue weighted by atomic mass is 9.97. The quantitative estimate of drug-likeness (QED) is 0.560. The number of hydrogen-bond acceptors (Lipinski definition) is 4. The molecule has 1 aliphatic carbocycles. The second kappa shape index (κ2) is 9.73. The van der Waals surface area contributed by atoms with E-state index < -0.39 is 5.97 Å². The molecular weight excluding hydrogens is 423 g/mol. The summed E-state index contributed by atoms with van der Waals surface area (Å²) >= 11 is 0. The van der Waals surface area contributed by atoms with Crippen LogP contribution in [0.25, 0.3) is 0 Å². The van der Waals surface area contributed by atoms with Gasteiger partial charge in [-0.15, -0.1) is 0 Å². The number of amides is 1. The number of aliphatic carboxylic acids is 1. The van der Waals surface area contributed by atoms with Gasteiger partial charge in [-0.2, -0.15) is 0 Å². The fraction of sp³-hybridized carbons (Fsp3) is 0.231. The molecule has 2 aromatic rings. The van der Waals surface area contributed by atoms with Crippen LogP contribution in [-0.2, 0) is 22.6 Å². The maximum atomic E-state index is 13.4. The molecule has 1 heterocycles. The molecule has 2 unspecified atom stereocenters. The van der Waals surface area contributed by atoms with Crippen molar-refractivity contribution in [1.82, 2.24) is 10.6 Å². The van der Waals surface area contributed by atoms with Gasteiger partial charge in [0.05, 0.1) is 11.7 Å². The number of aryl methyl sites for hydroxylation is 2. The van der Waals surface area contributed by atoms with E-state index in [2.05, 4.69) is 10.6 Å². The van der Waals surface area contributed by atoms with Crippen LogP contribution >= 0.6 is 0 Å². The maximum absolute atomic E-state index is 13.4. The number of nitrogens with one attached hydrogen (secondary N) is 2. The first-order chi connectivity index (χ1) is 15.9. The fourth-order valence-electron chi connectivity index (χ4n) is 3.91. The summed E-state index contributed by atoms with van der Waals surface area (Å²) in [7, 11) is 0. The summed E-state index contributed by atoms with van der Waals surface area (Å²) in [4.78, 5) is 23.3. The maximum Gasteiger partial charge on any atom is 0.303 e. The largest absolute Gasteiger partial charge is 0.481 e. The number of ether oxygens (including phenoxy) is 1. The molecule has 6 nitrogen and oxygen atoms in total. The number of allylic oxidation sites excluding steroid dienone is 2. The Morgan fingerprint density at radius 1 is 1.15 bits per heavy atom. The number of rotatable bonds is 8. The number of carbonyl (C=O) groups excluding carboxylic acids is 1. The third-order valence-electron chi connectivity index (χ3n) is 5.66. The van der Waals surface area contributed by atoms with E-state index in [9.17, 15) is 14.0 Å². The van der Waals surface area contributed by atoms with E-state index in [0.717, 1.165) is 16.7 Å². The minimum atomic E-state index is -0.820. The van der Waals surface area contributed by atoms with Crippen molar-refractivity contribution in [3.63, 3.8) is 0 Å². The number of halogens is 1. The Morgan fingerprint density at radius 2 is 1.97 bits per heavy atom. The average molecular weight is 448 g/mol. The summed E-state index contributed by atoms with van der Waals surface area (Å²) < 4.78 is 19.4. The van der Waals surface area contributed by atoms with Gasteiger partial charge in [-0.25, -0.2) is 4.39 Å². The minimum absolute atomic E-state index is 0.0901. The molecule has 3 N–H and O–H groups in total. The first-order valence-electron chi connectivity index (χ1n) is 10.8. The smallest absolute Gasteiger partial charge is 0.303 e. The highest BCUT2D eigenvalue weighted by atomic mass is 19.1. The zero-order valence-corrected chi connectivity index (χ0v) is 18.2.